The average molecular weight is 682 g/mol. The first-order valence-electron chi connectivity index (χ1n) is 16.6. The molecule has 2 aliphatic heterocycles. The second kappa shape index (κ2) is 15.4. The maximum atomic E-state index is 13.2. The van der Waals surface area contributed by atoms with Gasteiger partial charge >= 0.3 is 5.97 Å². The number of halogens is 1. The van der Waals surface area contributed by atoms with Crippen LogP contribution in [0.2, 0.25) is 5.02 Å². The molecule has 6 rings (SSSR count). The molecule has 0 bridgehead atoms. The maximum Gasteiger partial charge on any atom is 0.306 e. The number of carboxylic acid groups (broad SMARTS) is 1. The van der Waals surface area contributed by atoms with Crippen LogP contribution in [0.5, 0.6) is 0 Å². The van der Waals surface area contributed by atoms with Gasteiger partial charge < -0.3 is 15.5 Å². The lowest BCUT2D eigenvalue weighted by Crippen LogP contribution is -2.35. The number of amides is 1. The number of carbonyl (C=O) groups is 3. The molecule has 0 radical (unpaired) electrons. The van der Waals surface area contributed by atoms with Gasteiger partial charge in [-0.15, -0.1) is 0 Å². The van der Waals surface area contributed by atoms with Gasteiger partial charge in [0, 0.05) is 56.2 Å². The third-order valence-corrected chi connectivity index (χ3v) is 9.91. The van der Waals surface area contributed by atoms with Crippen molar-refractivity contribution in [3.63, 3.8) is 0 Å². The van der Waals surface area contributed by atoms with Crippen LogP contribution in [-0.2, 0) is 24.3 Å². The predicted molar refractivity (Wildman–Crippen MR) is 188 cm³/mol. The summed E-state index contributed by atoms with van der Waals surface area (Å²) in [5.41, 5.74) is 6.34. The van der Waals surface area contributed by atoms with Crippen LogP contribution in [0.1, 0.15) is 62.5 Å². The Balaban J connectivity index is 1.09. The number of aliphatic hydroxyl groups excluding tert-OH is 1. The topological polar surface area (TPSA) is 136 Å². The van der Waals surface area contributed by atoms with Crippen molar-refractivity contribution in [2.75, 3.05) is 31.5 Å². The minimum Gasteiger partial charge on any atom is -0.481 e. The van der Waals surface area contributed by atoms with Crippen molar-refractivity contribution in [2.24, 2.45) is 5.92 Å². The second-order valence-electron chi connectivity index (χ2n) is 13.0. The van der Waals surface area contributed by atoms with Crippen LogP contribution < -0.4 is 5.32 Å². The molecule has 0 aliphatic carbocycles. The number of carbonyl (C=O) groups excluding carboxylic acids is 2. The van der Waals surface area contributed by atoms with Crippen LogP contribution in [0.4, 0.5) is 5.69 Å². The van der Waals surface area contributed by atoms with E-state index in [0.29, 0.717) is 54.4 Å². The van der Waals surface area contributed by atoms with E-state index in [9.17, 15) is 24.6 Å². The molecule has 1 amide bonds. The zero-order chi connectivity index (χ0) is 34.5. The lowest BCUT2D eigenvalue weighted by molar-refractivity contribution is -0.143. The Morgan fingerprint density at radius 1 is 0.837 bits per heavy atom. The van der Waals surface area contributed by atoms with E-state index in [4.69, 9.17) is 11.6 Å². The number of anilines is 1. The van der Waals surface area contributed by atoms with Gasteiger partial charge in [0.25, 0.3) is 5.91 Å². The summed E-state index contributed by atoms with van der Waals surface area (Å²) < 4.78 is 0. The molecule has 2 saturated heterocycles. The van der Waals surface area contributed by atoms with Crippen molar-refractivity contribution in [2.45, 2.75) is 51.8 Å². The van der Waals surface area contributed by atoms with E-state index in [0.717, 1.165) is 53.9 Å². The molecular weight excluding hydrogens is 642 g/mol. The quantitative estimate of drug-likeness (QED) is 0.172. The zero-order valence-corrected chi connectivity index (χ0v) is 28.2. The van der Waals surface area contributed by atoms with Crippen LogP contribution in [0.25, 0.3) is 11.1 Å². The number of nitrogens with zero attached hydrogens (tertiary/aromatic N) is 4. The molecular formula is C38H40ClN5O5. The number of carboxylic acids is 1. The number of aromatic nitrogens is 2. The Bertz CT molecular complexity index is 1820. The van der Waals surface area contributed by atoms with E-state index in [1.54, 1.807) is 24.5 Å². The Kier molecular flexibility index (Phi) is 10.8. The first-order chi connectivity index (χ1) is 23.6. The fourth-order valence-corrected chi connectivity index (χ4v) is 6.88. The highest BCUT2D eigenvalue weighted by Gasteiger charge is 2.25. The number of Topliss-reactive ketones (excluding diaryl/α,β-unsaturated/α-hetero) is 1. The molecule has 2 aromatic carbocycles. The van der Waals surface area contributed by atoms with Crippen molar-refractivity contribution in [3.05, 3.63) is 112 Å². The smallest absolute Gasteiger partial charge is 0.306 e. The summed E-state index contributed by atoms with van der Waals surface area (Å²) >= 11 is 6.91. The summed E-state index contributed by atoms with van der Waals surface area (Å²) in [7, 11) is 0. The van der Waals surface area contributed by atoms with Crippen LogP contribution in [0.3, 0.4) is 0 Å². The minimum atomic E-state index is -0.729. The standard InChI is InChI=1S/C38H40ClN5O5/c1-24-30(5-3-7-32(24)42-37(47)34-11-9-25(20-41-34)21-43-15-12-27(13-16-43)38(48)49)31-6-2-4-28(36(31)39)18-35(46)33-10-8-26(19-40-33)22-44-17-14-29(45)23-44/h2-11,19-20,27,29,45H,12-18,21-23H2,1H3,(H,42,47)(H,48,49)/t29-/m1/s1. The monoisotopic (exact) mass is 681 g/mol. The molecule has 11 heteroatoms. The van der Waals surface area contributed by atoms with Gasteiger partial charge in [0.15, 0.2) is 5.78 Å². The molecule has 2 aromatic heterocycles. The number of pyridine rings is 2. The number of hydrogen-bond donors (Lipinski definition) is 3. The van der Waals surface area contributed by atoms with Gasteiger partial charge in [0.2, 0.25) is 0 Å². The largest absolute Gasteiger partial charge is 0.481 e. The fraction of sp³-hybridized carbons (Fsp3) is 0.342. The van der Waals surface area contributed by atoms with E-state index >= 15 is 0 Å². The van der Waals surface area contributed by atoms with E-state index in [1.165, 1.54) is 0 Å². The van der Waals surface area contributed by atoms with E-state index in [-0.39, 0.29) is 35.8 Å². The van der Waals surface area contributed by atoms with E-state index < -0.39 is 5.97 Å². The summed E-state index contributed by atoms with van der Waals surface area (Å²) in [5, 5.41) is 22.5. The highest BCUT2D eigenvalue weighted by atomic mass is 35.5. The molecule has 0 saturated carbocycles. The fourth-order valence-electron chi connectivity index (χ4n) is 6.58. The average Bonchev–Trinajstić information content (AvgIpc) is 3.51. The lowest BCUT2D eigenvalue weighted by Gasteiger charge is -2.29. The molecule has 4 heterocycles. The number of likely N-dealkylation sites (tertiary alicyclic amines) is 2. The number of piperidine rings is 1. The molecule has 254 valence electrons. The molecule has 0 spiro atoms. The number of aliphatic carboxylic acids is 1. The summed E-state index contributed by atoms with van der Waals surface area (Å²) in [5.74, 6) is -1.48. The summed E-state index contributed by atoms with van der Waals surface area (Å²) in [6.45, 7) is 6.18. The van der Waals surface area contributed by atoms with Crippen LogP contribution in [0.15, 0.2) is 73.1 Å². The first-order valence-corrected chi connectivity index (χ1v) is 17.0. The van der Waals surface area contributed by atoms with E-state index in [1.807, 2.05) is 55.5 Å². The van der Waals surface area contributed by atoms with Gasteiger partial charge in [-0.25, -0.2) is 0 Å². The SMILES string of the molecule is Cc1c(NC(=O)c2ccc(CN3CCC(C(=O)O)CC3)cn2)cccc1-c1cccc(CC(=O)c2ccc(CN3CC[C@@H](O)C3)cn2)c1Cl. The third-order valence-electron chi connectivity index (χ3n) is 9.47. The molecule has 49 heavy (non-hydrogen) atoms. The van der Waals surface area contributed by atoms with Crippen molar-refractivity contribution in [1.29, 1.82) is 0 Å². The highest BCUT2D eigenvalue weighted by Crippen LogP contribution is 2.36. The number of rotatable bonds is 11. The van der Waals surface area contributed by atoms with Gasteiger partial charge in [-0.1, -0.05) is 54.1 Å². The summed E-state index contributed by atoms with van der Waals surface area (Å²) in [6.07, 6.45) is 5.26. The van der Waals surface area contributed by atoms with E-state index in [2.05, 4.69) is 25.1 Å². The Morgan fingerprint density at radius 3 is 2.10 bits per heavy atom. The molecule has 2 aliphatic rings. The normalized spacial score (nSPS) is 17.2. The zero-order valence-electron chi connectivity index (χ0n) is 27.4. The molecule has 3 N–H and O–H groups in total. The molecule has 1 atom stereocenters. The summed E-state index contributed by atoms with van der Waals surface area (Å²) in [6, 6.07) is 18.5. The van der Waals surface area contributed by atoms with Gasteiger partial charge in [-0.05, 0) is 85.3 Å². The third kappa shape index (κ3) is 8.40. The number of β-amino-alcohol motifs (C(OH)–C–C–N with tert-alkyl or cyclic N) is 1. The Labute approximate surface area is 290 Å². The Hall–Kier alpha value is -4.48. The highest BCUT2D eigenvalue weighted by molar-refractivity contribution is 6.34. The van der Waals surface area contributed by atoms with Gasteiger partial charge in [-0.2, -0.15) is 0 Å². The van der Waals surface area contributed by atoms with Gasteiger partial charge in [0.05, 0.1) is 17.0 Å². The minimum absolute atomic E-state index is 0.0924. The van der Waals surface area contributed by atoms with Gasteiger partial charge in [0.1, 0.15) is 11.4 Å². The molecule has 2 fully saturated rings. The van der Waals surface area contributed by atoms with Crippen molar-refractivity contribution < 1.29 is 24.6 Å². The van der Waals surface area contributed by atoms with Crippen molar-refractivity contribution in [3.8, 4) is 11.1 Å². The van der Waals surface area contributed by atoms with Crippen LogP contribution in [0, 0.1) is 12.8 Å². The summed E-state index contributed by atoms with van der Waals surface area (Å²) in [4.78, 5) is 50.8. The number of nitrogens with one attached hydrogen (secondary N) is 1. The first kappa shape index (κ1) is 34.4. The number of ketones is 1. The number of hydrogen-bond acceptors (Lipinski definition) is 8. The van der Waals surface area contributed by atoms with Crippen LogP contribution in [-0.4, -0.2) is 79.9 Å². The predicted octanol–water partition coefficient (Wildman–Crippen LogP) is 5.65. The molecule has 10 nitrogen and oxygen atoms in total. The molecule has 4 aromatic rings. The molecule has 0 unspecified atom stereocenters. The maximum absolute atomic E-state index is 13.2. The van der Waals surface area contributed by atoms with Crippen molar-refractivity contribution in [1.82, 2.24) is 19.8 Å². The lowest BCUT2D eigenvalue weighted by atomic mass is 9.95. The Morgan fingerprint density at radius 2 is 1.47 bits per heavy atom. The second-order valence-corrected chi connectivity index (χ2v) is 13.4. The number of benzene rings is 2. The van der Waals surface area contributed by atoms with Crippen molar-refractivity contribution >= 4 is 34.9 Å². The number of aliphatic hydroxyl groups is 1. The van der Waals surface area contributed by atoms with Gasteiger partial charge in [-0.3, -0.25) is 34.2 Å². The van der Waals surface area contributed by atoms with Crippen LogP contribution >= 0.6 is 11.6 Å².